The average Bonchev–Trinajstić information content (AvgIpc) is 1.92. The third-order valence-corrected chi connectivity index (χ3v) is 4.02. The molecule has 0 saturated carbocycles. The van der Waals surface area contributed by atoms with Crippen molar-refractivity contribution in [3.05, 3.63) is 19.3 Å². The van der Waals surface area contributed by atoms with Crippen LogP contribution in [0.3, 0.4) is 0 Å². The first-order chi connectivity index (χ1) is 5.41. The fourth-order valence-electron chi connectivity index (χ4n) is 0.708. The molecule has 0 N–H and O–H groups in total. The number of aromatic nitrogens is 2. The summed E-state index contributed by atoms with van der Waals surface area (Å²) in [6, 6.07) is 0. The zero-order valence-corrected chi connectivity index (χ0v) is 11.5. The van der Waals surface area contributed by atoms with Crippen LogP contribution in [0.1, 0.15) is 26.6 Å². The SMILES string of the molecule is CC(C)(C)c1ncc(I)c(I)n1. The van der Waals surface area contributed by atoms with Crippen LogP contribution in [0.2, 0.25) is 0 Å². The van der Waals surface area contributed by atoms with Crippen LogP contribution in [0.15, 0.2) is 6.20 Å². The van der Waals surface area contributed by atoms with Crippen molar-refractivity contribution in [2.75, 3.05) is 0 Å². The van der Waals surface area contributed by atoms with Gasteiger partial charge in [-0.05, 0) is 45.2 Å². The van der Waals surface area contributed by atoms with E-state index in [4.69, 9.17) is 0 Å². The van der Waals surface area contributed by atoms with Gasteiger partial charge in [0.1, 0.15) is 9.53 Å². The second-order valence-electron chi connectivity index (χ2n) is 3.58. The van der Waals surface area contributed by atoms with Gasteiger partial charge >= 0.3 is 0 Å². The molecule has 0 aliphatic rings. The van der Waals surface area contributed by atoms with Crippen LogP contribution in [-0.4, -0.2) is 9.97 Å². The standard InChI is InChI=1S/C8H10I2N2/c1-8(2,3)7-11-4-5(9)6(10)12-7/h4H,1-3H3. The average molecular weight is 388 g/mol. The summed E-state index contributed by atoms with van der Waals surface area (Å²) in [6.07, 6.45) is 1.87. The number of hydrogen-bond donors (Lipinski definition) is 0. The molecule has 1 rings (SSSR count). The van der Waals surface area contributed by atoms with Crippen LogP contribution in [0.5, 0.6) is 0 Å². The van der Waals surface area contributed by atoms with Gasteiger partial charge in [-0.15, -0.1) is 0 Å². The van der Waals surface area contributed by atoms with Gasteiger partial charge in [0, 0.05) is 11.6 Å². The van der Waals surface area contributed by atoms with Gasteiger partial charge in [0.25, 0.3) is 0 Å². The topological polar surface area (TPSA) is 25.8 Å². The normalized spacial score (nSPS) is 11.8. The van der Waals surface area contributed by atoms with E-state index in [-0.39, 0.29) is 5.41 Å². The molecule has 12 heavy (non-hydrogen) atoms. The van der Waals surface area contributed by atoms with E-state index in [0.29, 0.717) is 0 Å². The summed E-state index contributed by atoms with van der Waals surface area (Å²) >= 11 is 4.47. The molecule has 1 aromatic rings. The van der Waals surface area contributed by atoms with Crippen LogP contribution in [-0.2, 0) is 5.41 Å². The fraction of sp³-hybridized carbons (Fsp3) is 0.500. The second-order valence-corrected chi connectivity index (χ2v) is 5.77. The van der Waals surface area contributed by atoms with Crippen LogP contribution in [0.25, 0.3) is 0 Å². The highest BCUT2D eigenvalue weighted by Crippen LogP contribution is 2.20. The molecule has 0 aliphatic carbocycles. The van der Waals surface area contributed by atoms with Gasteiger partial charge in [-0.25, -0.2) is 9.97 Å². The maximum absolute atomic E-state index is 4.41. The molecule has 0 unspecified atom stereocenters. The molecular formula is C8H10I2N2. The molecule has 0 bridgehead atoms. The summed E-state index contributed by atoms with van der Waals surface area (Å²) in [5.41, 5.74) is 0.0459. The summed E-state index contributed by atoms with van der Waals surface area (Å²) in [7, 11) is 0. The number of halogens is 2. The van der Waals surface area contributed by atoms with Crippen LogP contribution < -0.4 is 0 Å². The van der Waals surface area contributed by atoms with Crippen molar-refractivity contribution in [2.24, 2.45) is 0 Å². The molecule has 66 valence electrons. The Morgan fingerprint density at radius 3 is 2.25 bits per heavy atom. The Hall–Kier alpha value is 0.540. The van der Waals surface area contributed by atoms with Crippen LogP contribution >= 0.6 is 45.2 Å². The van der Waals surface area contributed by atoms with Crippen LogP contribution in [0, 0.1) is 7.27 Å². The lowest BCUT2D eigenvalue weighted by Gasteiger charge is -2.16. The molecule has 2 nitrogen and oxygen atoms in total. The van der Waals surface area contributed by atoms with Gasteiger partial charge < -0.3 is 0 Å². The lowest BCUT2D eigenvalue weighted by atomic mass is 9.96. The first-order valence-electron chi connectivity index (χ1n) is 3.60. The molecule has 0 spiro atoms. The number of hydrogen-bond acceptors (Lipinski definition) is 2. The Morgan fingerprint density at radius 2 is 1.83 bits per heavy atom. The van der Waals surface area contributed by atoms with Gasteiger partial charge in [0.05, 0.1) is 3.57 Å². The van der Waals surface area contributed by atoms with Gasteiger partial charge in [0.2, 0.25) is 0 Å². The van der Waals surface area contributed by atoms with Crippen LogP contribution in [0.4, 0.5) is 0 Å². The maximum Gasteiger partial charge on any atom is 0.134 e. The zero-order chi connectivity index (χ0) is 9.35. The molecular weight excluding hydrogens is 378 g/mol. The quantitative estimate of drug-likeness (QED) is 0.505. The molecule has 0 amide bonds. The first kappa shape index (κ1) is 10.6. The first-order valence-corrected chi connectivity index (χ1v) is 5.75. The summed E-state index contributed by atoms with van der Waals surface area (Å²) in [5, 5.41) is 0. The Balaban J connectivity index is 3.14. The van der Waals surface area contributed by atoms with Crippen molar-refractivity contribution >= 4 is 45.2 Å². The van der Waals surface area contributed by atoms with Crippen molar-refractivity contribution in [2.45, 2.75) is 26.2 Å². The summed E-state index contributed by atoms with van der Waals surface area (Å²) < 4.78 is 2.15. The largest absolute Gasteiger partial charge is 0.240 e. The lowest BCUT2D eigenvalue weighted by molar-refractivity contribution is 0.542. The van der Waals surface area contributed by atoms with E-state index in [1.807, 2.05) is 6.20 Å². The fourth-order valence-corrected chi connectivity index (χ4v) is 1.34. The lowest BCUT2D eigenvalue weighted by Crippen LogP contribution is -2.16. The summed E-state index contributed by atoms with van der Waals surface area (Å²) in [4.78, 5) is 8.70. The molecule has 1 heterocycles. The minimum Gasteiger partial charge on any atom is -0.240 e. The van der Waals surface area contributed by atoms with Crippen molar-refractivity contribution in [1.29, 1.82) is 0 Å². The monoisotopic (exact) mass is 388 g/mol. The van der Waals surface area contributed by atoms with E-state index in [1.165, 1.54) is 0 Å². The minimum atomic E-state index is 0.0459. The zero-order valence-electron chi connectivity index (χ0n) is 7.23. The van der Waals surface area contributed by atoms with Crippen molar-refractivity contribution < 1.29 is 0 Å². The Kier molecular flexibility index (Phi) is 3.30. The third kappa shape index (κ3) is 2.51. The van der Waals surface area contributed by atoms with Gasteiger partial charge in [-0.1, -0.05) is 20.8 Å². The van der Waals surface area contributed by atoms with E-state index in [2.05, 4.69) is 75.9 Å². The molecule has 0 atom stereocenters. The van der Waals surface area contributed by atoms with Crippen molar-refractivity contribution in [1.82, 2.24) is 9.97 Å². The Labute approximate surface area is 99.9 Å². The molecule has 0 radical (unpaired) electrons. The predicted molar refractivity (Wildman–Crippen MR) is 66.2 cm³/mol. The Bertz CT molecular complexity index is 292. The van der Waals surface area contributed by atoms with Crippen molar-refractivity contribution in [3.63, 3.8) is 0 Å². The number of rotatable bonds is 0. The van der Waals surface area contributed by atoms with E-state index in [9.17, 15) is 0 Å². The summed E-state index contributed by atoms with van der Waals surface area (Å²) in [6.45, 7) is 6.35. The van der Waals surface area contributed by atoms with E-state index >= 15 is 0 Å². The highest BCUT2D eigenvalue weighted by Gasteiger charge is 2.17. The maximum atomic E-state index is 4.41. The smallest absolute Gasteiger partial charge is 0.134 e. The second kappa shape index (κ2) is 3.73. The van der Waals surface area contributed by atoms with E-state index in [0.717, 1.165) is 13.1 Å². The van der Waals surface area contributed by atoms with Crippen molar-refractivity contribution in [3.8, 4) is 0 Å². The molecule has 1 aromatic heterocycles. The van der Waals surface area contributed by atoms with E-state index < -0.39 is 0 Å². The highest BCUT2D eigenvalue weighted by molar-refractivity contribution is 14.1. The molecule has 0 saturated heterocycles. The van der Waals surface area contributed by atoms with E-state index in [1.54, 1.807) is 0 Å². The number of nitrogens with zero attached hydrogens (tertiary/aromatic N) is 2. The molecule has 0 aromatic carbocycles. The van der Waals surface area contributed by atoms with Gasteiger partial charge in [0.15, 0.2) is 0 Å². The predicted octanol–water partition coefficient (Wildman–Crippen LogP) is 2.98. The minimum absolute atomic E-state index is 0.0459. The third-order valence-electron chi connectivity index (χ3n) is 1.37. The Morgan fingerprint density at radius 1 is 1.25 bits per heavy atom. The highest BCUT2D eigenvalue weighted by atomic mass is 127. The van der Waals surface area contributed by atoms with Gasteiger partial charge in [-0.3, -0.25) is 0 Å². The molecule has 0 fully saturated rings. The molecule has 0 aliphatic heterocycles. The van der Waals surface area contributed by atoms with Gasteiger partial charge in [-0.2, -0.15) is 0 Å². The molecule has 4 heteroatoms. The summed E-state index contributed by atoms with van der Waals surface area (Å²) in [5.74, 6) is 0.910.